The maximum Gasteiger partial charge on any atom is 0.246 e. The summed E-state index contributed by atoms with van der Waals surface area (Å²) in [6, 6.07) is 10.9. The Morgan fingerprint density at radius 3 is 2.30 bits per heavy atom. The molecule has 0 aliphatic carbocycles. The van der Waals surface area contributed by atoms with Crippen LogP contribution in [0.15, 0.2) is 42.5 Å². The van der Waals surface area contributed by atoms with Gasteiger partial charge in [-0.1, -0.05) is 30.7 Å². The molecule has 2 aromatic rings. The minimum absolute atomic E-state index is 0.281. The van der Waals surface area contributed by atoms with Crippen LogP contribution in [0, 0.1) is 0 Å². The van der Waals surface area contributed by atoms with Crippen LogP contribution in [0.1, 0.15) is 18.9 Å². The van der Waals surface area contributed by atoms with Crippen LogP contribution in [-0.4, -0.2) is 52.8 Å². The number of benzene rings is 2. The van der Waals surface area contributed by atoms with Gasteiger partial charge < -0.3 is 14.4 Å². The number of carbonyl (C=O) groups excluding carboxylic acids is 1. The van der Waals surface area contributed by atoms with E-state index in [0.717, 1.165) is 16.1 Å². The van der Waals surface area contributed by atoms with Gasteiger partial charge in [-0.05, 0) is 42.3 Å². The van der Waals surface area contributed by atoms with Gasteiger partial charge in [0.25, 0.3) is 0 Å². The predicted octanol–water partition coefficient (Wildman–Crippen LogP) is 3.56. The minimum atomic E-state index is -3.73. The van der Waals surface area contributed by atoms with Gasteiger partial charge in [-0.15, -0.1) is 0 Å². The lowest BCUT2D eigenvalue weighted by molar-refractivity contribution is -0.131. The Hall–Kier alpha value is -2.45. The molecule has 0 aromatic heterocycles. The molecule has 0 spiro atoms. The molecular formula is C21H27ClN2O5S. The number of hydrogen-bond acceptors (Lipinski definition) is 5. The molecule has 30 heavy (non-hydrogen) atoms. The maximum atomic E-state index is 13.2. The van der Waals surface area contributed by atoms with E-state index in [0.29, 0.717) is 28.6 Å². The van der Waals surface area contributed by atoms with E-state index in [1.54, 1.807) is 58.5 Å². The van der Waals surface area contributed by atoms with Crippen molar-refractivity contribution in [2.75, 3.05) is 31.8 Å². The first kappa shape index (κ1) is 23.8. The average Bonchev–Trinajstić information content (AvgIpc) is 2.70. The summed E-state index contributed by atoms with van der Waals surface area (Å²) in [7, 11) is 1.00. The number of amides is 1. The number of anilines is 1. The molecule has 0 N–H and O–H groups in total. The highest BCUT2D eigenvalue weighted by Gasteiger charge is 2.33. The van der Waals surface area contributed by atoms with Crippen LogP contribution in [0.25, 0.3) is 0 Å². The van der Waals surface area contributed by atoms with Crippen molar-refractivity contribution in [3.8, 4) is 11.5 Å². The molecule has 7 nitrogen and oxygen atoms in total. The minimum Gasteiger partial charge on any atom is -0.493 e. The van der Waals surface area contributed by atoms with Gasteiger partial charge in [0.15, 0.2) is 11.5 Å². The summed E-state index contributed by atoms with van der Waals surface area (Å²) in [5.74, 6) is 0.822. The molecule has 0 bridgehead atoms. The molecular weight excluding hydrogens is 428 g/mol. The van der Waals surface area contributed by atoms with Gasteiger partial charge in [0.2, 0.25) is 15.9 Å². The third-order valence-electron chi connectivity index (χ3n) is 4.62. The van der Waals surface area contributed by atoms with Crippen LogP contribution >= 0.6 is 11.6 Å². The Morgan fingerprint density at radius 1 is 1.10 bits per heavy atom. The number of sulfonamides is 1. The highest BCUT2D eigenvalue weighted by molar-refractivity contribution is 7.92. The zero-order valence-corrected chi connectivity index (χ0v) is 19.3. The summed E-state index contributed by atoms with van der Waals surface area (Å²) >= 11 is 6.05. The molecule has 0 aliphatic rings. The first-order valence-electron chi connectivity index (χ1n) is 9.33. The maximum absolute atomic E-state index is 13.2. The smallest absolute Gasteiger partial charge is 0.246 e. The number of likely N-dealkylation sites (N-methyl/N-ethyl adjacent to an activating group) is 1. The summed E-state index contributed by atoms with van der Waals surface area (Å²) in [5, 5.41) is 0.391. The van der Waals surface area contributed by atoms with Gasteiger partial charge in [0, 0.05) is 18.6 Å². The number of rotatable bonds is 9. The van der Waals surface area contributed by atoms with E-state index >= 15 is 0 Å². The van der Waals surface area contributed by atoms with Crippen molar-refractivity contribution in [1.82, 2.24) is 4.90 Å². The lowest BCUT2D eigenvalue weighted by atomic mass is 10.1. The molecule has 9 heteroatoms. The fraction of sp³-hybridized carbons (Fsp3) is 0.381. The molecule has 0 saturated carbocycles. The first-order chi connectivity index (χ1) is 14.1. The number of hydrogen-bond donors (Lipinski definition) is 0. The second kappa shape index (κ2) is 10.0. The van der Waals surface area contributed by atoms with Crippen molar-refractivity contribution in [3.05, 3.63) is 53.1 Å². The van der Waals surface area contributed by atoms with Gasteiger partial charge in [0.05, 0.1) is 26.2 Å². The van der Waals surface area contributed by atoms with Crippen LogP contribution in [-0.2, 0) is 21.4 Å². The fourth-order valence-electron chi connectivity index (χ4n) is 3.24. The molecule has 0 fully saturated rings. The summed E-state index contributed by atoms with van der Waals surface area (Å²) in [6.07, 6.45) is 1.38. The largest absolute Gasteiger partial charge is 0.493 e. The molecule has 2 rings (SSSR count). The van der Waals surface area contributed by atoms with E-state index in [9.17, 15) is 13.2 Å². The molecule has 0 heterocycles. The Labute approximate surface area is 183 Å². The number of methoxy groups -OCH3 is 2. The number of halogens is 1. The zero-order chi connectivity index (χ0) is 22.5. The van der Waals surface area contributed by atoms with Crippen molar-refractivity contribution in [2.24, 2.45) is 0 Å². The van der Waals surface area contributed by atoms with Gasteiger partial charge in [-0.2, -0.15) is 0 Å². The second-order valence-corrected chi connectivity index (χ2v) is 9.14. The SMILES string of the molecule is CCC(C(=O)N(C)Cc1ccc(OC)c(OC)c1)N(c1cccc(Cl)c1)S(C)(=O)=O. The molecule has 0 radical (unpaired) electrons. The number of ether oxygens (including phenoxy) is 2. The lowest BCUT2D eigenvalue weighted by Crippen LogP contribution is -2.49. The zero-order valence-electron chi connectivity index (χ0n) is 17.8. The van der Waals surface area contributed by atoms with Crippen LogP contribution in [0.3, 0.4) is 0 Å². The third kappa shape index (κ3) is 5.58. The second-order valence-electron chi connectivity index (χ2n) is 6.85. The normalized spacial score (nSPS) is 12.2. The summed E-state index contributed by atoms with van der Waals surface area (Å²) in [6.45, 7) is 2.05. The van der Waals surface area contributed by atoms with Crippen LogP contribution in [0.5, 0.6) is 11.5 Å². The van der Waals surface area contributed by atoms with E-state index in [-0.39, 0.29) is 12.5 Å². The van der Waals surface area contributed by atoms with Gasteiger partial charge in [-0.3, -0.25) is 9.10 Å². The standard InChI is InChI=1S/C21H27ClN2O5S/c1-6-18(24(30(5,26)27)17-9-7-8-16(22)13-17)21(25)23(2)14-15-10-11-19(28-3)20(12-15)29-4/h7-13,18H,6,14H2,1-5H3. The molecule has 1 amide bonds. The van der Waals surface area contributed by atoms with Crippen LogP contribution in [0.2, 0.25) is 5.02 Å². The van der Waals surface area contributed by atoms with Gasteiger partial charge >= 0.3 is 0 Å². The molecule has 2 aromatic carbocycles. The van der Waals surface area contributed by atoms with Crippen LogP contribution in [0.4, 0.5) is 5.69 Å². The first-order valence-corrected chi connectivity index (χ1v) is 11.6. The van der Waals surface area contributed by atoms with Crippen molar-refractivity contribution in [3.63, 3.8) is 0 Å². The Kier molecular flexibility index (Phi) is 7.97. The Morgan fingerprint density at radius 2 is 1.77 bits per heavy atom. The van der Waals surface area contributed by atoms with Crippen molar-refractivity contribution in [1.29, 1.82) is 0 Å². The molecule has 1 unspecified atom stereocenters. The van der Waals surface area contributed by atoms with E-state index in [4.69, 9.17) is 21.1 Å². The van der Waals surface area contributed by atoms with E-state index in [1.165, 1.54) is 11.0 Å². The van der Waals surface area contributed by atoms with Crippen molar-refractivity contribution in [2.45, 2.75) is 25.9 Å². The van der Waals surface area contributed by atoms with E-state index in [2.05, 4.69) is 0 Å². The number of nitrogens with zero attached hydrogens (tertiary/aromatic N) is 2. The summed E-state index contributed by atoms with van der Waals surface area (Å²) in [4.78, 5) is 14.7. The Bertz CT molecular complexity index is 997. The lowest BCUT2D eigenvalue weighted by Gasteiger charge is -2.33. The average molecular weight is 455 g/mol. The molecule has 164 valence electrons. The quantitative estimate of drug-likeness (QED) is 0.579. The number of carbonyl (C=O) groups is 1. The highest BCUT2D eigenvalue weighted by Crippen LogP contribution is 2.29. The van der Waals surface area contributed by atoms with E-state index < -0.39 is 16.1 Å². The third-order valence-corrected chi connectivity index (χ3v) is 6.03. The molecule has 0 aliphatic heterocycles. The molecule has 0 saturated heterocycles. The van der Waals surface area contributed by atoms with Crippen molar-refractivity contribution >= 4 is 33.2 Å². The van der Waals surface area contributed by atoms with Crippen molar-refractivity contribution < 1.29 is 22.7 Å². The summed E-state index contributed by atoms with van der Waals surface area (Å²) in [5.41, 5.74) is 1.18. The fourth-order valence-corrected chi connectivity index (χ4v) is 4.62. The Balaban J connectivity index is 2.33. The molecule has 1 atom stereocenters. The highest BCUT2D eigenvalue weighted by atomic mass is 35.5. The topological polar surface area (TPSA) is 76.2 Å². The van der Waals surface area contributed by atoms with E-state index in [1.807, 2.05) is 6.07 Å². The van der Waals surface area contributed by atoms with Gasteiger partial charge in [-0.25, -0.2) is 8.42 Å². The van der Waals surface area contributed by atoms with Gasteiger partial charge in [0.1, 0.15) is 6.04 Å². The summed E-state index contributed by atoms with van der Waals surface area (Å²) < 4.78 is 36.8. The monoisotopic (exact) mass is 454 g/mol. The predicted molar refractivity (Wildman–Crippen MR) is 119 cm³/mol. The van der Waals surface area contributed by atoms with Crippen LogP contribution < -0.4 is 13.8 Å².